The van der Waals surface area contributed by atoms with Crippen LogP contribution >= 0.6 is 0 Å². The standard InChI is InChI=1S/C33H30BN3/c1-35(2)29-20-30(36(3)4)24-17-18-25-31-21(15-16-23(29)32(24)31)19-27-33(25)37(5)28-14-10-9-13-26(28)34(27)22-11-7-6-8-12-22/h6-20H,1-5H3. The second-order valence-corrected chi connectivity index (χ2v) is 10.7. The molecule has 7 rings (SSSR count). The molecule has 180 valence electrons. The molecule has 0 unspecified atom stereocenters. The van der Waals surface area contributed by atoms with Crippen LogP contribution in [0.1, 0.15) is 0 Å². The van der Waals surface area contributed by atoms with E-state index < -0.39 is 0 Å². The Hall–Kier alpha value is -4.18. The molecule has 37 heavy (non-hydrogen) atoms. The zero-order chi connectivity index (χ0) is 25.4. The molecule has 0 saturated carbocycles. The predicted molar refractivity (Wildman–Crippen MR) is 164 cm³/mol. The Morgan fingerprint density at radius 3 is 1.92 bits per heavy atom. The average molecular weight is 479 g/mol. The minimum absolute atomic E-state index is 0.195. The first kappa shape index (κ1) is 22.1. The number of rotatable bonds is 3. The molecular weight excluding hydrogens is 449 g/mol. The van der Waals surface area contributed by atoms with E-state index in [4.69, 9.17) is 0 Å². The van der Waals surface area contributed by atoms with E-state index in [1.165, 1.54) is 71.5 Å². The van der Waals surface area contributed by atoms with Crippen LogP contribution in [0.2, 0.25) is 0 Å². The van der Waals surface area contributed by atoms with Gasteiger partial charge in [-0.15, -0.1) is 0 Å². The van der Waals surface area contributed by atoms with Crippen molar-refractivity contribution in [2.24, 2.45) is 0 Å². The molecule has 0 bridgehead atoms. The lowest BCUT2D eigenvalue weighted by molar-refractivity contribution is 1.12. The van der Waals surface area contributed by atoms with Crippen LogP contribution < -0.4 is 31.1 Å². The van der Waals surface area contributed by atoms with Crippen LogP contribution in [0.4, 0.5) is 22.7 Å². The number of nitrogens with zero attached hydrogens (tertiary/aromatic N) is 3. The molecule has 6 aromatic rings. The summed E-state index contributed by atoms with van der Waals surface area (Å²) < 4.78 is 0. The van der Waals surface area contributed by atoms with E-state index in [2.05, 4.69) is 141 Å². The lowest BCUT2D eigenvalue weighted by Crippen LogP contribution is -2.57. The molecule has 0 N–H and O–H groups in total. The van der Waals surface area contributed by atoms with Crippen molar-refractivity contribution in [1.29, 1.82) is 0 Å². The predicted octanol–water partition coefficient (Wildman–Crippen LogP) is 5.31. The first-order valence-corrected chi connectivity index (χ1v) is 13.0. The van der Waals surface area contributed by atoms with Gasteiger partial charge in [-0.25, -0.2) is 0 Å². The number of anilines is 4. The van der Waals surface area contributed by atoms with Gasteiger partial charge < -0.3 is 14.7 Å². The lowest BCUT2D eigenvalue weighted by atomic mass is 9.35. The summed E-state index contributed by atoms with van der Waals surface area (Å²) in [6.07, 6.45) is 0. The maximum atomic E-state index is 2.46. The van der Waals surface area contributed by atoms with Gasteiger partial charge in [-0.2, -0.15) is 0 Å². The van der Waals surface area contributed by atoms with Crippen molar-refractivity contribution in [2.45, 2.75) is 0 Å². The van der Waals surface area contributed by atoms with Crippen LogP contribution in [-0.2, 0) is 0 Å². The number of hydrogen-bond donors (Lipinski definition) is 0. The summed E-state index contributed by atoms with van der Waals surface area (Å²) in [6, 6.07) is 34.0. The van der Waals surface area contributed by atoms with Crippen LogP contribution in [0.5, 0.6) is 0 Å². The maximum absolute atomic E-state index is 2.46. The zero-order valence-corrected chi connectivity index (χ0v) is 22.1. The summed E-state index contributed by atoms with van der Waals surface area (Å²) in [7, 11) is 10.8. The summed E-state index contributed by atoms with van der Waals surface area (Å²) in [4.78, 5) is 6.89. The van der Waals surface area contributed by atoms with Gasteiger partial charge in [0.2, 0.25) is 6.71 Å². The SMILES string of the molecule is CN(C)c1cc(N(C)C)c2ccc3c4c(cc5ccc1c2c53)B(c1ccccc1)c1ccccc1N4C. The molecule has 0 fully saturated rings. The summed E-state index contributed by atoms with van der Waals surface area (Å²) in [5, 5.41) is 7.96. The van der Waals surface area contributed by atoms with E-state index in [1.807, 2.05) is 0 Å². The van der Waals surface area contributed by atoms with Crippen LogP contribution in [0.3, 0.4) is 0 Å². The van der Waals surface area contributed by atoms with Crippen LogP contribution in [0, 0.1) is 0 Å². The molecular formula is C33H30BN3. The molecule has 0 spiro atoms. The quantitative estimate of drug-likeness (QED) is 0.252. The molecule has 1 heterocycles. The van der Waals surface area contributed by atoms with Gasteiger partial charge in [-0.1, -0.05) is 84.3 Å². The smallest absolute Gasteiger partial charge is 0.246 e. The highest BCUT2D eigenvalue weighted by Crippen LogP contribution is 2.45. The van der Waals surface area contributed by atoms with Gasteiger partial charge in [0.05, 0.1) is 0 Å². The fraction of sp³-hybridized carbons (Fsp3) is 0.152. The molecule has 1 aliphatic heterocycles. The highest BCUT2D eigenvalue weighted by atomic mass is 15.1. The highest BCUT2D eigenvalue weighted by Gasteiger charge is 2.35. The van der Waals surface area contributed by atoms with Crippen molar-refractivity contribution >= 4 is 78.2 Å². The molecule has 4 heteroatoms. The Balaban J connectivity index is 1.65. The number of fused-ring (bicyclic) bond motifs is 3. The van der Waals surface area contributed by atoms with Crippen LogP contribution in [0.25, 0.3) is 32.3 Å². The number of benzene rings is 6. The number of para-hydroxylation sites is 1. The van der Waals surface area contributed by atoms with Gasteiger partial charge >= 0.3 is 0 Å². The normalized spacial score (nSPS) is 12.9. The molecule has 3 nitrogen and oxygen atoms in total. The Morgan fingerprint density at radius 2 is 1.22 bits per heavy atom. The molecule has 0 aromatic heterocycles. The van der Waals surface area contributed by atoms with E-state index >= 15 is 0 Å². The average Bonchev–Trinajstić information content (AvgIpc) is 2.91. The van der Waals surface area contributed by atoms with E-state index in [-0.39, 0.29) is 6.71 Å². The third kappa shape index (κ3) is 3.02. The van der Waals surface area contributed by atoms with Crippen molar-refractivity contribution in [3.8, 4) is 0 Å². The van der Waals surface area contributed by atoms with Gasteiger partial charge in [0.15, 0.2) is 0 Å². The van der Waals surface area contributed by atoms with E-state index in [1.54, 1.807) is 0 Å². The van der Waals surface area contributed by atoms with Gasteiger partial charge in [0, 0.05) is 79.5 Å². The summed E-state index contributed by atoms with van der Waals surface area (Å²) in [6.45, 7) is 0.195. The Bertz CT molecular complexity index is 1780. The van der Waals surface area contributed by atoms with Crippen molar-refractivity contribution in [2.75, 3.05) is 49.9 Å². The first-order chi connectivity index (χ1) is 18.0. The number of hydrogen-bond acceptors (Lipinski definition) is 3. The molecule has 6 aromatic carbocycles. The van der Waals surface area contributed by atoms with Crippen molar-refractivity contribution in [3.63, 3.8) is 0 Å². The molecule has 0 radical (unpaired) electrons. The Morgan fingerprint density at radius 1 is 0.595 bits per heavy atom. The summed E-state index contributed by atoms with van der Waals surface area (Å²) in [5.41, 5.74) is 9.17. The van der Waals surface area contributed by atoms with E-state index in [9.17, 15) is 0 Å². The van der Waals surface area contributed by atoms with Crippen molar-refractivity contribution < 1.29 is 0 Å². The molecule has 1 aliphatic rings. The molecule has 0 aliphatic carbocycles. The Kier molecular flexibility index (Phi) is 4.72. The second kappa shape index (κ2) is 7.91. The third-order valence-corrected chi connectivity index (χ3v) is 8.21. The van der Waals surface area contributed by atoms with E-state index in [0.717, 1.165) is 0 Å². The van der Waals surface area contributed by atoms with Crippen molar-refractivity contribution in [3.05, 3.63) is 91.0 Å². The van der Waals surface area contributed by atoms with Crippen LogP contribution in [0.15, 0.2) is 91.0 Å². The highest BCUT2D eigenvalue weighted by molar-refractivity contribution is 6.98. The largest absolute Gasteiger partial charge is 0.377 e. The van der Waals surface area contributed by atoms with Gasteiger partial charge in [-0.05, 0) is 33.8 Å². The minimum Gasteiger partial charge on any atom is -0.377 e. The Labute approximate surface area is 218 Å². The summed E-state index contributed by atoms with van der Waals surface area (Å²) in [5.74, 6) is 0. The molecule has 0 atom stereocenters. The third-order valence-electron chi connectivity index (χ3n) is 8.21. The second-order valence-electron chi connectivity index (χ2n) is 10.7. The maximum Gasteiger partial charge on any atom is 0.246 e. The van der Waals surface area contributed by atoms with Gasteiger partial charge in [0.25, 0.3) is 0 Å². The zero-order valence-electron chi connectivity index (χ0n) is 22.1. The van der Waals surface area contributed by atoms with Crippen molar-refractivity contribution in [1.82, 2.24) is 0 Å². The van der Waals surface area contributed by atoms with Gasteiger partial charge in [-0.3, -0.25) is 0 Å². The monoisotopic (exact) mass is 479 g/mol. The summed E-state index contributed by atoms with van der Waals surface area (Å²) >= 11 is 0. The van der Waals surface area contributed by atoms with E-state index in [0.29, 0.717) is 0 Å². The topological polar surface area (TPSA) is 9.72 Å². The molecule has 0 saturated heterocycles. The first-order valence-electron chi connectivity index (χ1n) is 13.0. The lowest BCUT2D eigenvalue weighted by Gasteiger charge is -2.36. The van der Waals surface area contributed by atoms with Crippen LogP contribution in [-0.4, -0.2) is 42.0 Å². The molecule has 0 amide bonds. The minimum atomic E-state index is 0.195. The fourth-order valence-corrected chi connectivity index (χ4v) is 6.61. The van der Waals surface area contributed by atoms with Gasteiger partial charge in [0.1, 0.15) is 0 Å². The fourth-order valence-electron chi connectivity index (χ4n) is 6.61.